The van der Waals surface area contributed by atoms with Crippen molar-refractivity contribution in [2.24, 2.45) is 0 Å². The summed E-state index contributed by atoms with van der Waals surface area (Å²) in [6.45, 7) is 0.476. The molecule has 0 saturated carbocycles. The van der Waals surface area contributed by atoms with Gasteiger partial charge in [-0.25, -0.2) is 13.6 Å². The van der Waals surface area contributed by atoms with E-state index in [-0.39, 0.29) is 18.7 Å². The van der Waals surface area contributed by atoms with E-state index in [2.05, 4.69) is 0 Å². The fourth-order valence-electron chi connectivity index (χ4n) is 4.97. The van der Waals surface area contributed by atoms with E-state index in [0.717, 1.165) is 0 Å². The molecule has 0 spiro atoms. The molecule has 34 heavy (non-hydrogen) atoms. The number of hydrogen-bond donors (Lipinski definition) is 1. The molecule has 0 aromatic heterocycles. The number of alkyl halides is 1. The van der Waals surface area contributed by atoms with Gasteiger partial charge >= 0.3 is 6.03 Å². The lowest BCUT2D eigenvalue weighted by molar-refractivity contribution is 0.0417. The number of piperidine rings is 1. The zero-order valence-electron chi connectivity index (χ0n) is 19.3. The molecule has 8 heteroatoms. The van der Waals surface area contributed by atoms with E-state index in [0.29, 0.717) is 29.7 Å². The number of carbonyl (C=O) groups is 1. The van der Waals surface area contributed by atoms with Crippen LogP contribution in [0.15, 0.2) is 54.6 Å². The van der Waals surface area contributed by atoms with Crippen LogP contribution in [0.1, 0.15) is 23.1 Å². The van der Waals surface area contributed by atoms with Gasteiger partial charge in [0, 0.05) is 32.2 Å². The number of urea groups is 1. The van der Waals surface area contributed by atoms with Crippen molar-refractivity contribution in [2.45, 2.75) is 24.2 Å². The molecule has 178 valence electrons. The van der Waals surface area contributed by atoms with E-state index in [4.69, 9.17) is 0 Å². The van der Waals surface area contributed by atoms with E-state index >= 15 is 0 Å². The predicted octanol–water partition coefficient (Wildman–Crippen LogP) is 3.38. The van der Waals surface area contributed by atoms with Gasteiger partial charge in [0.15, 0.2) is 0 Å². The molecule has 3 atom stereocenters. The monoisotopic (exact) mass is 466 g/mol. The SMILES string of the molecule is CN1CCC(N(C)C(=O)N2CC(c3cc(C#N)ccc3F)=C[C@@]2(CO)c2ccccc2)C(F)C1. The van der Waals surface area contributed by atoms with Crippen molar-refractivity contribution in [3.05, 3.63) is 77.1 Å². The molecule has 2 aromatic rings. The van der Waals surface area contributed by atoms with E-state index in [1.807, 2.05) is 24.1 Å². The van der Waals surface area contributed by atoms with Gasteiger partial charge in [-0.15, -0.1) is 0 Å². The molecule has 2 amide bonds. The van der Waals surface area contributed by atoms with Gasteiger partial charge in [-0.3, -0.25) is 0 Å². The van der Waals surface area contributed by atoms with Gasteiger partial charge in [-0.05, 0) is 48.9 Å². The molecule has 2 aliphatic heterocycles. The first kappa shape index (κ1) is 23.9. The second kappa shape index (κ2) is 9.53. The van der Waals surface area contributed by atoms with Crippen molar-refractivity contribution < 1.29 is 18.7 Å². The van der Waals surface area contributed by atoms with Crippen LogP contribution < -0.4 is 0 Å². The van der Waals surface area contributed by atoms with Gasteiger partial charge in [0.25, 0.3) is 0 Å². The third-order valence-electron chi connectivity index (χ3n) is 6.92. The number of aliphatic hydroxyl groups excluding tert-OH is 1. The van der Waals surface area contributed by atoms with Crippen LogP contribution in [0, 0.1) is 17.1 Å². The fourth-order valence-corrected chi connectivity index (χ4v) is 4.97. The van der Waals surface area contributed by atoms with Gasteiger partial charge in [0.2, 0.25) is 0 Å². The van der Waals surface area contributed by atoms with Crippen LogP contribution in [0.2, 0.25) is 0 Å². The lowest BCUT2D eigenvalue weighted by atomic mass is 9.89. The third-order valence-corrected chi connectivity index (χ3v) is 6.92. The number of nitrogens with zero attached hydrogens (tertiary/aromatic N) is 4. The highest BCUT2D eigenvalue weighted by Crippen LogP contribution is 2.41. The molecule has 0 bridgehead atoms. The first-order valence-electron chi connectivity index (χ1n) is 11.3. The van der Waals surface area contributed by atoms with Crippen LogP contribution in [0.4, 0.5) is 13.6 Å². The second-order valence-electron chi connectivity index (χ2n) is 9.04. The number of rotatable bonds is 4. The molecule has 1 saturated heterocycles. The largest absolute Gasteiger partial charge is 0.393 e. The molecule has 4 rings (SSSR count). The average molecular weight is 467 g/mol. The number of aliphatic hydroxyl groups is 1. The highest BCUT2D eigenvalue weighted by molar-refractivity contribution is 5.84. The summed E-state index contributed by atoms with van der Waals surface area (Å²) >= 11 is 0. The molecule has 1 fully saturated rings. The maximum atomic E-state index is 14.9. The Bertz CT molecular complexity index is 1130. The number of benzene rings is 2. The van der Waals surface area contributed by atoms with Crippen LogP contribution in [0.25, 0.3) is 5.57 Å². The average Bonchev–Trinajstić information content (AvgIpc) is 3.25. The summed E-state index contributed by atoms with van der Waals surface area (Å²) < 4.78 is 29.7. The quantitative estimate of drug-likeness (QED) is 0.750. The number of carbonyl (C=O) groups excluding carboxylic acids is 1. The van der Waals surface area contributed by atoms with Crippen molar-refractivity contribution in [2.75, 3.05) is 40.3 Å². The zero-order chi connectivity index (χ0) is 24.5. The number of nitriles is 1. The Morgan fingerprint density at radius 3 is 2.68 bits per heavy atom. The minimum atomic E-state index is -1.26. The smallest absolute Gasteiger partial charge is 0.321 e. The standard InChI is InChI=1S/C26H28F2N4O2/c1-30-11-10-24(23(28)16-30)31(2)25(34)32-15-19(21-12-18(14-29)8-9-22(21)27)13-26(32,17-33)20-6-4-3-5-7-20/h3-9,12-13,23-24,33H,10-11,15-17H2,1-2H3/t23?,24?,26-/m1/s1. The molecule has 6 nitrogen and oxygen atoms in total. The first-order valence-corrected chi connectivity index (χ1v) is 11.3. The third kappa shape index (κ3) is 4.17. The number of amides is 2. The zero-order valence-corrected chi connectivity index (χ0v) is 19.3. The second-order valence-corrected chi connectivity index (χ2v) is 9.04. The van der Waals surface area contributed by atoms with Crippen molar-refractivity contribution in [1.29, 1.82) is 5.26 Å². The normalized spacial score (nSPS) is 25.1. The van der Waals surface area contributed by atoms with E-state index in [1.165, 1.54) is 28.0 Å². The minimum absolute atomic E-state index is 0.00794. The summed E-state index contributed by atoms with van der Waals surface area (Å²) in [5, 5.41) is 19.9. The summed E-state index contributed by atoms with van der Waals surface area (Å²) in [7, 11) is 3.42. The van der Waals surface area contributed by atoms with Crippen molar-refractivity contribution in [3.8, 4) is 6.07 Å². The Hall–Kier alpha value is -3.28. The van der Waals surface area contributed by atoms with Gasteiger partial charge in [-0.2, -0.15) is 5.26 Å². The molecule has 2 aliphatic rings. The Morgan fingerprint density at radius 1 is 1.29 bits per heavy atom. The van der Waals surface area contributed by atoms with Crippen LogP contribution in [0.5, 0.6) is 0 Å². The van der Waals surface area contributed by atoms with Gasteiger partial charge in [-0.1, -0.05) is 30.3 Å². The van der Waals surface area contributed by atoms with Gasteiger partial charge < -0.3 is 19.8 Å². The molecular formula is C26H28F2N4O2. The molecular weight excluding hydrogens is 438 g/mol. The lowest BCUT2D eigenvalue weighted by Gasteiger charge is -2.43. The summed E-state index contributed by atoms with van der Waals surface area (Å²) in [6.07, 6.45) is 0.979. The van der Waals surface area contributed by atoms with Crippen LogP contribution >= 0.6 is 0 Å². The highest BCUT2D eigenvalue weighted by Gasteiger charge is 2.47. The molecule has 1 N–H and O–H groups in total. The van der Waals surface area contributed by atoms with Crippen molar-refractivity contribution in [1.82, 2.24) is 14.7 Å². The maximum absolute atomic E-state index is 14.9. The summed E-state index contributed by atoms with van der Waals surface area (Å²) in [6, 6.07) is 14.1. The maximum Gasteiger partial charge on any atom is 0.321 e. The van der Waals surface area contributed by atoms with Gasteiger partial charge in [0.1, 0.15) is 17.5 Å². The number of halogens is 2. The first-order chi connectivity index (χ1) is 16.3. The number of hydrogen-bond acceptors (Lipinski definition) is 4. The lowest BCUT2D eigenvalue weighted by Crippen LogP contribution is -2.58. The Morgan fingerprint density at radius 2 is 2.03 bits per heavy atom. The Kier molecular flexibility index (Phi) is 6.69. The molecule has 0 aliphatic carbocycles. The molecule has 2 aromatic carbocycles. The van der Waals surface area contributed by atoms with E-state index in [1.54, 1.807) is 37.4 Å². The fraction of sp³-hybridized carbons (Fsp3) is 0.385. The van der Waals surface area contributed by atoms with Crippen molar-refractivity contribution >= 4 is 11.6 Å². The topological polar surface area (TPSA) is 70.8 Å². The molecule has 2 heterocycles. The van der Waals surface area contributed by atoms with Crippen LogP contribution in [-0.2, 0) is 5.54 Å². The minimum Gasteiger partial charge on any atom is -0.393 e. The Labute approximate surface area is 198 Å². The highest BCUT2D eigenvalue weighted by atomic mass is 19.1. The summed E-state index contributed by atoms with van der Waals surface area (Å²) in [5.41, 5.74) is 0.378. The van der Waals surface area contributed by atoms with Gasteiger partial charge in [0.05, 0.1) is 24.3 Å². The predicted molar refractivity (Wildman–Crippen MR) is 125 cm³/mol. The van der Waals surface area contributed by atoms with E-state index in [9.17, 15) is 23.9 Å². The van der Waals surface area contributed by atoms with E-state index < -0.39 is 36.2 Å². The molecule has 0 radical (unpaired) electrons. The Balaban J connectivity index is 1.76. The summed E-state index contributed by atoms with van der Waals surface area (Å²) in [4.78, 5) is 18.6. The van der Waals surface area contributed by atoms with Crippen LogP contribution in [-0.4, -0.2) is 78.4 Å². The number of likely N-dealkylation sites (tertiary alicyclic amines) is 1. The summed E-state index contributed by atoms with van der Waals surface area (Å²) in [5.74, 6) is -0.521. The molecule has 2 unspecified atom stereocenters. The van der Waals surface area contributed by atoms with Crippen LogP contribution in [0.3, 0.4) is 0 Å². The van der Waals surface area contributed by atoms with Crippen molar-refractivity contribution in [3.63, 3.8) is 0 Å².